The van der Waals surface area contributed by atoms with Gasteiger partial charge in [-0.25, -0.2) is 0 Å². The molecule has 2 N–H and O–H groups in total. The first-order valence-electron chi connectivity index (χ1n) is 4.45. The Labute approximate surface area is 82.4 Å². The van der Waals surface area contributed by atoms with Gasteiger partial charge >= 0.3 is 0 Å². The molecule has 0 aliphatic rings. The highest BCUT2D eigenvalue weighted by Gasteiger charge is 2.08. The Bertz CT molecular complexity index is 419. The highest BCUT2D eigenvalue weighted by Crippen LogP contribution is 2.19. The molecule has 0 unspecified atom stereocenters. The van der Waals surface area contributed by atoms with Gasteiger partial charge in [-0.05, 0) is 12.1 Å². The van der Waals surface area contributed by atoms with Gasteiger partial charge in [0.1, 0.15) is 0 Å². The molecule has 4 heteroatoms. The van der Waals surface area contributed by atoms with Crippen molar-refractivity contribution in [2.75, 3.05) is 0 Å². The van der Waals surface area contributed by atoms with E-state index >= 15 is 0 Å². The van der Waals surface area contributed by atoms with Crippen molar-refractivity contribution in [2.45, 2.75) is 6.54 Å². The van der Waals surface area contributed by atoms with Crippen LogP contribution in [0.3, 0.4) is 0 Å². The molecule has 4 nitrogen and oxygen atoms in total. The molecule has 0 saturated heterocycles. The van der Waals surface area contributed by atoms with Crippen molar-refractivity contribution in [1.29, 1.82) is 0 Å². The van der Waals surface area contributed by atoms with E-state index in [1.54, 1.807) is 17.1 Å². The van der Waals surface area contributed by atoms with Crippen LogP contribution in [0.4, 0.5) is 0 Å². The molecule has 0 atom stereocenters. The second kappa shape index (κ2) is 3.59. The predicted molar refractivity (Wildman–Crippen MR) is 54.3 cm³/mol. The van der Waals surface area contributed by atoms with E-state index in [0.717, 1.165) is 17.0 Å². The van der Waals surface area contributed by atoms with Gasteiger partial charge < -0.3 is 5.73 Å². The van der Waals surface area contributed by atoms with E-state index in [9.17, 15) is 0 Å². The molecular formula is C10H12N4. The van der Waals surface area contributed by atoms with Crippen LogP contribution in [-0.4, -0.2) is 14.8 Å². The van der Waals surface area contributed by atoms with Crippen molar-refractivity contribution < 1.29 is 0 Å². The minimum atomic E-state index is 0.475. The van der Waals surface area contributed by atoms with Crippen LogP contribution >= 0.6 is 0 Å². The molecule has 2 aromatic heterocycles. The summed E-state index contributed by atoms with van der Waals surface area (Å²) in [5.74, 6) is 0. The first kappa shape index (κ1) is 8.90. The zero-order chi connectivity index (χ0) is 9.97. The van der Waals surface area contributed by atoms with Gasteiger partial charge in [0.25, 0.3) is 0 Å². The summed E-state index contributed by atoms with van der Waals surface area (Å²) in [4.78, 5) is 4.26. The number of nitrogens with zero attached hydrogens (tertiary/aromatic N) is 3. The fourth-order valence-corrected chi connectivity index (χ4v) is 1.44. The lowest BCUT2D eigenvalue weighted by Crippen LogP contribution is -2.05. The second-order valence-electron chi connectivity index (χ2n) is 3.05. The first-order chi connectivity index (χ1) is 6.83. The summed E-state index contributed by atoms with van der Waals surface area (Å²) in [6.07, 6.45) is 3.56. The van der Waals surface area contributed by atoms with E-state index in [-0.39, 0.29) is 0 Å². The number of hydrogen-bond acceptors (Lipinski definition) is 3. The summed E-state index contributed by atoms with van der Waals surface area (Å²) in [5, 5.41) is 4.16. The zero-order valence-electron chi connectivity index (χ0n) is 8.01. The molecule has 0 aliphatic carbocycles. The highest BCUT2D eigenvalue weighted by atomic mass is 15.3. The second-order valence-corrected chi connectivity index (χ2v) is 3.05. The normalized spacial score (nSPS) is 10.4. The van der Waals surface area contributed by atoms with Gasteiger partial charge in [0.05, 0.1) is 17.6 Å². The molecule has 14 heavy (non-hydrogen) atoms. The molecule has 0 fully saturated rings. The lowest BCUT2D eigenvalue weighted by Gasteiger charge is -2.01. The Morgan fingerprint density at radius 2 is 2.29 bits per heavy atom. The number of rotatable bonds is 2. The van der Waals surface area contributed by atoms with E-state index in [2.05, 4.69) is 10.1 Å². The maximum atomic E-state index is 5.64. The van der Waals surface area contributed by atoms with Crippen molar-refractivity contribution in [3.05, 3.63) is 36.3 Å². The Balaban J connectivity index is 2.52. The summed E-state index contributed by atoms with van der Waals surface area (Å²) < 4.78 is 1.78. The van der Waals surface area contributed by atoms with E-state index in [1.807, 2.05) is 25.2 Å². The zero-order valence-corrected chi connectivity index (χ0v) is 8.01. The minimum Gasteiger partial charge on any atom is -0.325 e. The van der Waals surface area contributed by atoms with Gasteiger partial charge in [-0.15, -0.1) is 0 Å². The van der Waals surface area contributed by atoms with Crippen molar-refractivity contribution in [3.63, 3.8) is 0 Å². The molecule has 0 saturated carbocycles. The Hall–Kier alpha value is -1.68. The third-order valence-electron chi connectivity index (χ3n) is 2.20. The summed E-state index contributed by atoms with van der Waals surface area (Å²) in [7, 11) is 1.88. The number of pyridine rings is 1. The van der Waals surface area contributed by atoms with Crippen LogP contribution in [0.5, 0.6) is 0 Å². The van der Waals surface area contributed by atoms with Crippen molar-refractivity contribution >= 4 is 0 Å². The molecule has 0 radical (unpaired) electrons. The molecular weight excluding hydrogens is 176 g/mol. The summed E-state index contributed by atoms with van der Waals surface area (Å²) in [5.41, 5.74) is 8.58. The van der Waals surface area contributed by atoms with Crippen LogP contribution in [0.1, 0.15) is 5.69 Å². The Morgan fingerprint density at radius 3 is 2.93 bits per heavy atom. The average molecular weight is 188 g/mol. The standard InChI is InChI=1S/C10H12N4/c1-14-10(6-11)8(7-13-14)9-4-2-3-5-12-9/h2-5,7H,6,11H2,1H3. The molecule has 2 heterocycles. The smallest absolute Gasteiger partial charge is 0.0736 e. The van der Waals surface area contributed by atoms with Gasteiger partial charge in [-0.3, -0.25) is 9.67 Å². The van der Waals surface area contributed by atoms with E-state index < -0.39 is 0 Å². The number of aryl methyl sites for hydroxylation is 1. The van der Waals surface area contributed by atoms with Crippen LogP contribution in [0, 0.1) is 0 Å². The third kappa shape index (κ3) is 1.40. The van der Waals surface area contributed by atoms with Gasteiger partial charge in [-0.1, -0.05) is 6.07 Å². The van der Waals surface area contributed by atoms with Crippen LogP contribution in [0.2, 0.25) is 0 Å². The predicted octanol–water partition coefficient (Wildman–Crippen LogP) is 0.941. The fraction of sp³-hybridized carbons (Fsp3) is 0.200. The molecule has 2 aromatic rings. The topological polar surface area (TPSA) is 56.7 Å². The summed E-state index contributed by atoms with van der Waals surface area (Å²) in [6, 6.07) is 5.80. The van der Waals surface area contributed by atoms with E-state index in [1.165, 1.54) is 0 Å². The molecule has 0 bridgehead atoms. The largest absolute Gasteiger partial charge is 0.325 e. The fourth-order valence-electron chi connectivity index (χ4n) is 1.44. The molecule has 2 rings (SSSR count). The van der Waals surface area contributed by atoms with Crippen LogP contribution in [0.25, 0.3) is 11.3 Å². The molecule has 0 amide bonds. The Kier molecular flexibility index (Phi) is 2.28. The van der Waals surface area contributed by atoms with Gasteiger partial charge in [-0.2, -0.15) is 5.10 Å². The quantitative estimate of drug-likeness (QED) is 0.763. The molecule has 0 aliphatic heterocycles. The summed E-state index contributed by atoms with van der Waals surface area (Å²) >= 11 is 0. The van der Waals surface area contributed by atoms with Gasteiger partial charge in [0, 0.05) is 25.4 Å². The van der Waals surface area contributed by atoms with Gasteiger partial charge in [0.2, 0.25) is 0 Å². The van der Waals surface area contributed by atoms with Crippen LogP contribution in [-0.2, 0) is 13.6 Å². The van der Waals surface area contributed by atoms with E-state index in [0.29, 0.717) is 6.54 Å². The van der Waals surface area contributed by atoms with Crippen LogP contribution in [0.15, 0.2) is 30.6 Å². The van der Waals surface area contributed by atoms with Crippen molar-refractivity contribution in [1.82, 2.24) is 14.8 Å². The summed E-state index contributed by atoms with van der Waals surface area (Å²) in [6.45, 7) is 0.475. The first-order valence-corrected chi connectivity index (χ1v) is 4.45. The number of hydrogen-bond donors (Lipinski definition) is 1. The maximum Gasteiger partial charge on any atom is 0.0736 e. The van der Waals surface area contributed by atoms with Crippen molar-refractivity contribution in [2.24, 2.45) is 12.8 Å². The number of nitrogens with two attached hydrogens (primary N) is 1. The highest BCUT2D eigenvalue weighted by molar-refractivity contribution is 5.60. The molecule has 72 valence electrons. The molecule has 0 spiro atoms. The SMILES string of the molecule is Cn1ncc(-c2ccccn2)c1CN. The van der Waals surface area contributed by atoms with Gasteiger partial charge in [0.15, 0.2) is 0 Å². The number of aromatic nitrogens is 3. The third-order valence-corrected chi connectivity index (χ3v) is 2.20. The van der Waals surface area contributed by atoms with Crippen LogP contribution < -0.4 is 5.73 Å². The van der Waals surface area contributed by atoms with Crippen molar-refractivity contribution in [3.8, 4) is 11.3 Å². The minimum absolute atomic E-state index is 0.475. The monoisotopic (exact) mass is 188 g/mol. The lowest BCUT2D eigenvalue weighted by atomic mass is 10.1. The Morgan fingerprint density at radius 1 is 1.43 bits per heavy atom. The lowest BCUT2D eigenvalue weighted by molar-refractivity contribution is 0.712. The molecule has 0 aromatic carbocycles. The average Bonchev–Trinajstić information content (AvgIpc) is 2.61. The maximum absolute atomic E-state index is 5.64. The van der Waals surface area contributed by atoms with E-state index in [4.69, 9.17) is 5.73 Å².